The van der Waals surface area contributed by atoms with Gasteiger partial charge in [0.05, 0.1) is 22.9 Å². The van der Waals surface area contributed by atoms with E-state index in [0.717, 1.165) is 22.4 Å². The molecule has 0 bridgehead atoms. The number of ether oxygens (including phenoxy) is 1. The van der Waals surface area contributed by atoms with Gasteiger partial charge < -0.3 is 15.8 Å². The molecule has 5 nitrogen and oxygen atoms in total. The molecule has 0 saturated heterocycles. The number of benzene rings is 1. The SMILES string of the molecule is CCOc1ccc2nc(NC(=O)[C@@H](N)[C@@H](C)CC)sc2c1. The minimum Gasteiger partial charge on any atom is -0.494 e. The van der Waals surface area contributed by atoms with Crippen molar-refractivity contribution < 1.29 is 9.53 Å². The zero-order valence-electron chi connectivity index (χ0n) is 12.6. The first kappa shape index (κ1) is 15.7. The van der Waals surface area contributed by atoms with E-state index in [2.05, 4.69) is 10.3 Å². The zero-order valence-corrected chi connectivity index (χ0v) is 13.4. The summed E-state index contributed by atoms with van der Waals surface area (Å²) in [5.41, 5.74) is 6.77. The van der Waals surface area contributed by atoms with Crippen LogP contribution >= 0.6 is 11.3 Å². The van der Waals surface area contributed by atoms with Crippen LogP contribution in [0.2, 0.25) is 0 Å². The zero-order chi connectivity index (χ0) is 15.4. The van der Waals surface area contributed by atoms with Crippen LogP contribution in [0.25, 0.3) is 10.2 Å². The third-order valence-corrected chi connectivity index (χ3v) is 4.39. The van der Waals surface area contributed by atoms with E-state index in [0.29, 0.717) is 11.7 Å². The summed E-state index contributed by atoms with van der Waals surface area (Å²) in [5.74, 6) is 0.764. The predicted molar refractivity (Wildman–Crippen MR) is 86.8 cm³/mol. The highest BCUT2D eigenvalue weighted by Gasteiger charge is 2.20. The molecule has 1 heterocycles. The lowest BCUT2D eigenvalue weighted by Gasteiger charge is -2.16. The number of thiazole rings is 1. The van der Waals surface area contributed by atoms with Crippen molar-refractivity contribution in [2.24, 2.45) is 11.7 Å². The van der Waals surface area contributed by atoms with Crippen LogP contribution in [0, 0.1) is 5.92 Å². The second-order valence-corrected chi connectivity index (χ2v) is 6.01. The number of nitrogens with one attached hydrogen (secondary N) is 1. The molecule has 2 aromatic rings. The molecule has 0 aliphatic carbocycles. The summed E-state index contributed by atoms with van der Waals surface area (Å²) in [6.07, 6.45) is 0.867. The first-order valence-electron chi connectivity index (χ1n) is 7.15. The van der Waals surface area contributed by atoms with Crippen LogP contribution in [0.3, 0.4) is 0 Å². The molecule has 21 heavy (non-hydrogen) atoms. The number of carbonyl (C=O) groups is 1. The smallest absolute Gasteiger partial charge is 0.243 e. The van der Waals surface area contributed by atoms with Crippen molar-refractivity contribution in [2.75, 3.05) is 11.9 Å². The lowest BCUT2D eigenvalue weighted by Crippen LogP contribution is -2.40. The van der Waals surface area contributed by atoms with Crippen LogP contribution in [0.5, 0.6) is 5.75 Å². The van der Waals surface area contributed by atoms with Crippen molar-refractivity contribution in [1.29, 1.82) is 0 Å². The summed E-state index contributed by atoms with van der Waals surface area (Å²) < 4.78 is 6.44. The molecule has 114 valence electrons. The molecule has 0 unspecified atom stereocenters. The quantitative estimate of drug-likeness (QED) is 0.860. The fourth-order valence-corrected chi connectivity index (χ4v) is 2.81. The molecule has 3 N–H and O–H groups in total. The molecule has 0 spiro atoms. The van der Waals surface area contributed by atoms with Gasteiger partial charge in [0.1, 0.15) is 5.75 Å². The van der Waals surface area contributed by atoms with Crippen LogP contribution in [0.15, 0.2) is 18.2 Å². The maximum atomic E-state index is 12.1. The minimum absolute atomic E-state index is 0.143. The molecule has 2 atom stereocenters. The molecule has 0 saturated carbocycles. The van der Waals surface area contributed by atoms with Gasteiger partial charge in [0.2, 0.25) is 5.91 Å². The summed E-state index contributed by atoms with van der Waals surface area (Å²) in [6.45, 7) is 6.55. The Hall–Kier alpha value is -1.66. The number of rotatable bonds is 6. The number of anilines is 1. The van der Waals surface area contributed by atoms with Gasteiger partial charge >= 0.3 is 0 Å². The number of nitrogens with two attached hydrogens (primary N) is 1. The van der Waals surface area contributed by atoms with E-state index in [1.54, 1.807) is 0 Å². The van der Waals surface area contributed by atoms with Crippen molar-refractivity contribution in [3.8, 4) is 5.75 Å². The topological polar surface area (TPSA) is 77.2 Å². The predicted octanol–water partition coefficient (Wildman–Crippen LogP) is 3.01. The highest BCUT2D eigenvalue weighted by atomic mass is 32.1. The second kappa shape index (κ2) is 6.87. The highest BCUT2D eigenvalue weighted by Crippen LogP contribution is 2.29. The van der Waals surface area contributed by atoms with E-state index in [4.69, 9.17) is 10.5 Å². The molecule has 0 radical (unpaired) electrons. The number of amides is 1. The van der Waals surface area contributed by atoms with Gasteiger partial charge in [0.15, 0.2) is 5.13 Å². The van der Waals surface area contributed by atoms with Crippen LogP contribution in [0.4, 0.5) is 5.13 Å². The van der Waals surface area contributed by atoms with Gasteiger partial charge in [-0.2, -0.15) is 0 Å². The van der Waals surface area contributed by atoms with Gasteiger partial charge in [-0.05, 0) is 31.0 Å². The third kappa shape index (κ3) is 3.71. The van der Waals surface area contributed by atoms with E-state index in [1.807, 2.05) is 39.0 Å². The molecule has 2 rings (SSSR count). The largest absolute Gasteiger partial charge is 0.494 e. The Balaban J connectivity index is 2.14. The maximum Gasteiger partial charge on any atom is 0.243 e. The van der Waals surface area contributed by atoms with Gasteiger partial charge in [-0.25, -0.2) is 4.98 Å². The summed E-state index contributed by atoms with van der Waals surface area (Å²) in [7, 11) is 0. The number of hydrogen-bond donors (Lipinski definition) is 2. The molecule has 1 aromatic heterocycles. The second-order valence-electron chi connectivity index (χ2n) is 4.98. The Bertz CT molecular complexity index is 626. The van der Waals surface area contributed by atoms with Crippen LogP contribution < -0.4 is 15.8 Å². The van der Waals surface area contributed by atoms with Crippen LogP contribution in [-0.2, 0) is 4.79 Å². The van der Waals surface area contributed by atoms with Gasteiger partial charge in [-0.1, -0.05) is 31.6 Å². The Labute approximate surface area is 128 Å². The minimum atomic E-state index is -0.513. The highest BCUT2D eigenvalue weighted by molar-refractivity contribution is 7.22. The lowest BCUT2D eigenvalue weighted by molar-refractivity contribution is -0.118. The Kier molecular flexibility index (Phi) is 5.14. The third-order valence-electron chi connectivity index (χ3n) is 3.46. The summed E-state index contributed by atoms with van der Waals surface area (Å²) in [5, 5.41) is 3.37. The van der Waals surface area contributed by atoms with Gasteiger partial charge in [-0.3, -0.25) is 4.79 Å². The van der Waals surface area contributed by atoms with E-state index in [-0.39, 0.29) is 11.8 Å². The molecule has 6 heteroatoms. The Morgan fingerprint density at radius 3 is 2.90 bits per heavy atom. The standard InChI is InChI=1S/C15H21N3O2S/c1-4-9(3)13(16)14(19)18-15-17-11-7-6-10(20-5-2)8-12(11)21-15/h6-9,13H,4-5,16H2,1-3H3,(H,17,18,19)/t9-,13-/m0/s1. The van der Waals surface area contributed by atoms with E-state index < -0.39 is 6.04 Å². The Morgan fingerprint density at radius 2 is 2.24 bits per heavy atom. The average molecular weight is 307 g/mol. The summed E-state index contributed by atoms with van der Waals surface area (Å²) in [6, 6.07) is 5.19. The van der Waals surface area contributed by atoms with Crippen LogP contribution in [0.1, 0.15) is 27.2 Å². The first-order chi connectivity index (χ1) is 10.0. The van der Waals surface area contributed by atoms with Crippen molar-refractivity contribution >= 4 is 32.6 Å². The van der Waals surface area contributed by atoms with E-state index in [9.17, 15) is 4.79 Å². The molecule has 0 aliphatic rings. The van der Waals surface area contributed by atoms with E-state index >= 15 is 0 Å². The molecular formula is C15H21N3O2S. The molecule has 1 aromatic carbocycles. The molecule has 0 aliphatic heterocycles. The average Bonchev–Trinajstić information content (AvgIpc) is 2.87. The van der Waals surface area contributed by atoms with Gasteiger partial charge in [0.25, 0.3) is 0 Å². The maximum absolute atomic E-state index is 12.1. The van der Waals surface area contributed by atoms with Crippen LogP contribution in [-0.4, -0.2) is 23.5 Å². The number of carbonyl (C=O) groups excluding carboxylic acids is 1. The number of nitrogens with zero attached hydrogens (tertiary/aromatic N) is 1. The fourth-order valence-electron chi connectivity index (χ4n) is 1.92. The number of fused-ring (bicyclic) bond motifs is 1. The number of aromatic nitrogens is 1. The number of hydrogen-bond acceptors (Lipinski definition) is 5. The first-order valence-corrected chi connectivity index (χ1v) is 7.96. The van der Waals surface area contributed by atoms with Crippen molar-refractivity contribution in [3.63, 3.8) is 0 Å². The molecule has 1 amide bonds. The normalized spacial score (nSPS) is 13.9. The van der Waals surface area contributed by atoms with Gasteiger partial charge in [0, 0.05) is 0 Å². The lowest BCUT2D eigenvalue weighted by atomic mass is 10.00. The van der Waals surface area contributed by atoms with E-state index in [1.165, 1.54) is 11.3 Å². The van der Waals surface area contributed by atoms with Crippen molar-refractivity contribution in [2.45, 2.75) is 33.2 Å². The summed E-state index contributed by atoms with van der Waals surface area (Å²) >= 11 is 1.42. The molecular weight excluding hydrogens is 286 g/mol. The van der Waals surface area contributed by atoms with Crippen molar-refractivity contribution in [3.05, 3.63) is 18.2 Å². The van der Waals surface area contributed by atoms with Crippen molar-refractivity contribution in [1.82, 2.24) is 4.98 Å². The molecule has 0 fully saturated rings. The fraction of sp³-hybridized carbons (Fsp3) is 0.467. The summed E-state index contributed by atoms with van der Waals surface area (Å²) in [4.78, 5) is 16.5. The van der Waals surface area contributed by atoms with Gasteiger partial charge in [-0.15, -0.1) is 0 Å². The monoisotopic (exact) mass is 307 g/mol. The Morgan fingerprint density at radius 1 is 1.48 bits per heavy atom.